The lowest BCUT2D eigenvalue weighted by Gasteiger charge is -2.40. The number of nitrogens with one attached hydrogen (secondary N) is 2. The van der Waals surface area contributed by atoms with Gasteiger partial charge in [-0.25, -0.2) is 4.39 Å². The van der Waals surface area contributed by atoms with Gasteiger partial charge >= 0.3 is 0 Å². The second-order valence-corrected chi connectivity index (χ2v) is 7.47. The van der Waals surface area contributed by atoms with Gasteiger partial charge in [-0.2, -0.15) is 5.26 Å². The molecule has 3 N–H and O–H groups in total. The van der Waals surface area contributed by atoms with Crippen molar-refractivity contribution in [1.29, 1.82) is 5.26 Å². The fourth-order valence-electron chi connectivity index (χ4n) is 3.47. The van der Waals surface area contributed by atoms with E-state index in [1.165, 1.54) is 16.7 Å². The van der Waals surface area contributed by atoms with Gasteiger partial charge in [0.25, 0.3) is 17.6 Å². The van der Waals surface area contributed by atoms with E-state index < -0.39 is 29.0 Å². The van der Waals surface area contributed by atoms with Gasteiger partial charge < -0.3 is 25.0 Å². The van der Waals surface area contributed by atoms with E-state index in [1.807, 2.05) is 0 Å². The number of anilines is 1. The smallest absolute Gasteiger partial charge is 0.294 e. The molecule has 0 atom stereocenters. The molecule has 1 fully saturated rings. The van der Waals surface area contributed by atoms with Crippen LogP contribution in [0.3, 0.4) is 0 Å². The number of aliphatic hydroxyl groups excluding tert-OH is 1. The number of nitriles is 1. The van der Waals surface area contributed by atoms with Gasteiger partial charge in [-0.3, -0.25) is 14.4 Å². The van der Waals surface area contributed by atoms with E-state index in [4.69, 9.17) is 10.00 Å². The minimum Gasteiger partial charge on any atom is -0.394 e. The number of amides is 2. The highest BCUT2D eigenvalue weighted by molar-refractivity contribution is 6.43. The number of carbonyl (C=O) groups excluding carboxylic acids is 3. The molecule has 0 saturated carbocycles. The molecule has 3 rings (SSSR count). The lowest BCUT2D eigenvalue weighted by molar-refractivity contribution is -0.133. The zero-order valence-corrected chi connectivity index (χ0v) is 17.2. The Morgan fingerprint density at radius 3 is 2.55 bits per heavy atom. The second kappa shape index (κ2) is 8.29. The molecule has 162 valence electrons. The summed E-state index contributed by atoms with van der Waals surface area (Å²) in [4.78, 5) is 38.2. The third-order valence-corrected chi connectivity index (χ3v) is 5.36. The zero-order chi connectivity index (χ0) is 22.9. The molecule has 0 radical (unpaired) electrons. The molecule has 0 unspecified atom stereocenters. The largest absolute Gasteiger partial charge is 0.394 e. The number of hydrogen-bond donors (Lipinski definition) is 3. The maximum absolute atomic E-state index is 13.5. The first-order valence-electron chi connectivity index (χ1n) is 9.36. The van der Waals surface area contributed by atoms with Crippen LogP contribution in [0, 0.1) is 31.0 Å². The number of halogens is 1. The Hall–Kier alpha value is -3.55. The van der Waals surface area contributed by atoms with Crippen LogP contribution < -0.4 is 10.6 Å². The van der Waals surface area contributed by atoms with E-state index in [0.29, 0.717) is 11.3 Å². The van der Waals surface area contributed by atoms with E-state index >= 15 is 0 Å². The van der Waals surface area contributed by atoms with Crippen molar-refractivity contribution in [2.45, 2.75) is 19.4 Å². The average Bonchev–Trinajstić information content (AvgIpc) is 2.93. The van der Waals surface area contributed by atoms with E-state index in [0.717, 1.165) is 6.07 Å². The van der Waals surface area contributed by atoms with Gasteiger partial charge in [0.05, 0.1) is 36.6 Å². The summed E-state index contributed by atoms with van der Waals surface area (Å²) in [5.41, 5.74) is -0.0330. The third-order valence-electron chi connectivity index (χ3n) is 5.36. The van der Waals surface area contributed by atoms with Crippen LogP contribution in [0.4, 0.5) is 10.1 Å². The van der Waals surface area contributed by atoms with Crippen LogP contribution >= 0.6 is 0 Å². The minimum atomic E-state index is -0.984. The molecule has 2 heterocycles. The van der Waals surface area contributed by atoms with Crippen LogP contribution in [-0.2, 0) is 16.6 Å². The normalized spacial score (nSPS) is 14.3. The summed E-state index contributed by atoms with van der Waals surface area (Å²) in [5, 5.41) is 23.5. The molecule has 1 aromatic carbocycles. The zero-order valence-electron chi connectivity index (χ0n) is 17.2. The van der Waals surface area contributed by atoms with Crippen molar-refractivity contribution in [2.24, 2.45) is 7.05 Å². The molecule has 1 aliphatic rings. The Kier molecular flexibility index (Phi) is 5.92. The minimum absolute atomic E-state index is 0.0327. The Balaban J connectivity index is 1.87. The van der Waals surface area contributed by atoms with Gasteiger partial charge in [0.2, 0.25) is 0 Å². The van der Waals surface area contributed by atoms with Crippen molar-refractivity contribution in [3.05, 3.63) is 52.1 Å². The van der Waals surface area contributed by atoms with Crippen LogP contribution in [0.1, 0.15) is 37.7 Å². The molecular formula is C21H21FN4O5. The van der Waals surface area contributed by atoms with E-state index in [-0.39, 0.29) is 42.3 Å². The quantitative estimate of drug-likeness (QED) is 0.464. The molecule has 1 aromatic heterocycles. The number of rotatable bonds is 6. The van der Waals surface area contributed by atoms with Gasteiger partial charge in [0.1, 0.15) is 17.4 Å². The molecule has 0 aliphatic carbocycles. The number of ether oxygens (including phenoxy) is 1. The lowest BCUT2D eigenvalue weighted by Crippen LogP contribution is -2.65. The van der Waals surface area contributed by atoms with Crippen molar-refractivity contribution >= 4 is 23.3 Å². The van der Waals surface area contributed by atoms with Gasteiger partial charge in [-0.05, 0) is 37.6 Å². The third kappa shape index (κ3) is 3.93. The highest BCUT2D eigenvalue weighted by Gasteiger charge is 2.41. The summed E-state index contributed by atoms with van der Waals surface area (Å²) < 4.78 is 20.0. The van der Waals surface area contributed by atoms with E-state index in [9.17, 15) is 23.9 Å². The number of Topliss-reactive ketones (excluding diaryl/α,β-unsaturated/α-hetero) is 1. The lowest BCUT2D eigenvalue weighted by atomic mass is 9.98. The number of benzene rings is 1. The summed E-state index contributed by atoms with van der Waals surface area (Å²) in [6, 6.07) is 5.29. The summed E-state index contributed by atoms with van der Waals surface area (Å²) in [6.45, 7) is 3.00. The van der Waals surface area contributed by atoms with Gasteiger partial charge in [-0.1, -0.05) is 0 Å². The number of ketones is 1. The molecule has 1 saturated heterocycles. The molecule has 0 bridgehead atoms. The SMILES string of the molecule is Cc1c(C(=O)Nc2ccc(F)c(C#N)c2)c(C)n(C)c1C(=O)C(=O)NC1(CO)COC1. The Morgan fingerprint density at radius 1 is 1.32 bits per heavy atom. The van der Waals surface area contributed by atoms with Crippen LogP contribution in [0.25, 0.3) is 0 Å². The molecule has 2 amide bonds. The second-order valence-electron chi connectivity index (χ2n) is 7.47. The number of nitrogens with zero attached hydrogens (tertiary/aromatic N) is 2. The van der Waals surface area contributed by atoms with E-state index in [1.54, 1.807) is 27.0 Å². The first-order valence-corrected chi connectivity index (χ1v) is 9.36. The van der Waals surface area contributed by atoms with E-state index in [2.05, 4.69) is 10.6 Å². The van der Waals surface area contributed by atoms with Crippen molar-refractivity contribution in [1.82, 2.24) is 9.88 Å². The fourth-order valence-corrected chi connectivity index (χ4v) is 3.47. The highest BCUT2D eigenvalue weighted by Crippen LogP contribution is 2.24. The average molecular weight is 428 g/mol. The van der Waals surface area contributed by atoms with Crippen molar-refractivity contribution < 1.29 is 28.6 Å². The van der Waals surface area contributed by atoms with Gasteiger partial charge in [0.15, 0.2) is 0 Å². The Labute approximate surface area is 177 Å². The van der Waals surface area contributed by atoms with Crippen LogP contribution in [0.2, 0.25) is 0 Å². The van der Waals surface area contributed by atoms with Crippen LogP contribution in [-0.4, -0.2) is 52.6 Å². The number of aliphatic hydroxyl groups is 1. The van der Waals surface area contributed by atoms with Crippen molar-refractivity contribution in [3.63, 3.8) is 0 Å². The Bertz CT molecular complexity index is 1120. The molecule has 2 aromatic rings. The first kappa shape index (κ1) is 22.1. The summed E-state index contributed by atoms with van der Waals surface area (Å²) in [7, 11) is 1.56. The maximum Gasteiger partial charge on any atom is 0.294 e. The topological polar surface area (TPSA) is 133 Å². The van der Waals surface area contributed by atoms with Gasteiger partial charge in [0, 0.05) is 18.4 Å². The number of carbonyl (C=O) groups is 3. The van der Waals surface area contributed by atoms with Crippen LogP contribution in [0.15, 0.2) is 18.2 Å². The molecule has 31 heavy (non-hydrogen) atoms. The van der Waals surface area contributed by atoms with Crippen LogP contribution in [0.5, 0.6) is 0 Å². The summed E-state index contributed by atoms with van der Waals surface area (Å²) in [5.74, 6) is -3.04. The fraction of sp³-hybridized carbons (Fsp3) is 0.333. The molecule has 10 heteroatoms. The summed E-state index contributed by atoms with van der Waals surface area (Å²) >= 11 is 0. The Morgan fingerprint density at radius 2 is 2.00 bits per heavy atom. The monoisotopic (exact) mass is 428 g/mol. The highest BCUT2D eigenvalue weighted by atomic mass is 19.1. The molecule has 9 nitrogen and oxygen atoms in total. The maximum atomic E-state index is 13.5. The summed E-state index contributed by atoms with van der Waals surface area (Å²) in [6.07, 6.45) is 0. The van der Waals surface area contributed by atoms with Crippen molar-refractivity contribution in [2.75, 3.05) is 25.1 Å². The predicted octanol–water partition coefficient (Wildman–Crippen LogP) is 0.965. The first-order chi connectivity index (χ1) is 14.6. The molecule has 1 aliphatic heterocycles. The standard InChI is InChI=1S/C21H21FN4O5/c1-11-16(19(29)24-14-4-5-15(22)13(6-14)7-23)12(2)26(3)17(11)18(28)20(30)25-21(8-27)9-31-10-21/h4-6,27H,8-10H2,1-3H3,(H,24,29)(H,25,30). The van der Waals surface area contributed by atoms with Crippen molar-refractivity contribution in [3.8, 4) is 6.07 Å². The van der Waals surface area contributed by atoms with Gasteiger partial charge in [-0.15, -0.1) is 0 Å². The number of hydrogen-bond acceptors (Lipinski definition) is 6. The number of aromatic nitrogens is 1. The predicted molar refractivity (Wildman–Crippen MR) is 107 cm³/mol. The molecule has 0 spiro atoms. The molecular weight excluding hydrogens is 407 g/mol.